The smallest absolute Gasteiger partial charge is 0.336 e. The summed E-state index contributed by atoms with van der Waals surface area (Å²) >= 11 is 0. The van der Waals surface area contributed by atoms with Crippen molar-refractivity contribution in [3.8, 4) is 11.1 Å². The summed E-state index contributed by atoms with van der Waals surface area (Å²) in [6.45, 7) is 0. The Bertz CT molecular complexity index is 728. The average molecular weight is 306 g/mol. The van der Waals surface area contributed by atoms with Crippen LogP contribution in [0.3, 0.4) is 0 Å². The van der Waals surface area contributed by atoms with Crippen LogP contribution in [-0.2, 0) is 0 Å². The van der Waals surface area contributed by atoms with Gasteiger partial charge >= 0.3 is 5.97 Å². The topological polar surface area (TPSA) is 37.3 Å². The number of halogens is 6. The molecular weight excluding hydrogens is 302 g/mol. The van der Waals surface area contributed by atoms with Crippen LogP contribution in [0, 0.1) is 34.9 Å². The van der Waals surface area contributed by atoms with Gasteiger partial charge in [0.2, 0.25) is 5.82 Å². The van der Waals surface area contributed by atoms with Crippen molar-refractivity contribution >= 4 is 5.97 Å². The predicted molar refractivity (Wildman–Crippen MR) is 58.6 cm³/mol. The monoisotopic (exact) mass is 306 g/mol. The molecule has 0 radical (unpaired) electrons. The third-order valence-electron chi connectivity index (χ3n) is 2.70. The van der Waals surface area contributed by atoms with E-state index in [9.17, 15) is 31.1 Å². The van der Waals surface area contributed by atoms with Crippen LogP contribution in [0.1, 0.15) is 10.4 Å². The number of benzene rings is 2. The molecule has 0 aromatic heterocycles. The summed E-state index contributed by atoms with van der Waals surface area (Å²) in [5, 5.41) is 8.85. The summed E-state index contributed by atoms with van der Waals surface area (Å²) < 4.78 is 80.1. The highest BCUT2D eigenvalue weighted by molar-refractivity contribution is 5.96. The van der Waals surface area contributed by atoms with Gasteiger partial charge in [0.05, 0.1) is 11.1 Å². The summed E-state index contributed by atoms with van der Waals surface area (Å²) in [5.41, 5.74) is -3.77. The van der Waals surface area contributed by atoms with Crippen molar-refractivity contribution in [3.05, 3.63) is 58.7 Å². The molecule has 0 spiro atoms. The molecule has 0 aliphatic rings. The van der Waals surface area contributed by atoms with Gasteiger partial charge in [0.25, 0.3) is 0 Å². The highest BCUT2D eigenvalue weighted by atomic mass is 19.2. The molecule has 8 heteroatoms. The minimum Gasteiger partial charge on any atom is -0.478 e. The Hall–Kier alpha value is -2.51. The summed E-state index contributed by atoms with van der Waals surface area (Å²) in [4.78, 5) is 10.9. The lowest BCUT2D eigenvalue weighted by Gasteiger charge is -2.11. The summed E-state index contributed by atoms with van der Waals surface area (Å²) in [6, 6.07) is 2.34. The van der Waals surface area contributed by atoms with Crippen LogP contribution in [0.4, 0.5) is 26.3 Å². The lowest BCUT2D eigenvalue weighted by Crippen LogP contribution is -2.09. The van der Waals surface area contributed by atoms with E-state index >= 15 is 0 Å². The Labute approximate surface area is 113 Å². The summed E-state index contributed by atoms with van der Waals surface area (Å²) in [5.74, 6) is -14.8. The second-order valence-electron chi connectivity index (χ2n) is 3.91. The number of aromatic carboxylic acids is 1. The first-order valence-electron chi connectivity index (χ1n) is 5.31. The van der Waals surface area contributed by atoms with E-state index in [0.717, 1.165) is 12.1 Å². The fourth-order valence-corrected chi connectivity index (χ4v) is 1.78. The molecule has 0 saturated carbocycles. The molecule has 21 heavy (non-hydrogen) atoms. The molecule has 0 amide bonds. The third-order valence-corrected chi connectivity index (χ3v) is 2.70. The van der Waals surface area contributed by atoms with Crippen molar-refractivity contribution in [2.75, 3.05) is 0 Å². The highest BCUT2D eigenvalue weighted by Gasteiger charge is 2.30. The fourth-order valence-electron chi connectivity index (χ4n) is 1.78. The van der Waals surface area contributed by atoms with Crippen LogP contribution >= 0.6 is 0 Å². The normalized spacial score (nSPS) is 10.8. The van der Waals surface area contributed by atoms with Gasteiger partial charge in [-0.2, -0.15) is 0 Å². The second-order valence-corrected chi connectivity index (χ2v) is 3.91. The van der Waals surface area contributed by atoms with E-state index in [4.69, 9.17) is 5.11 Å². The Kier molecular flexibility index (Phi) is 3.63. The predicted octanol–water partition coefficient (Wildman–Crippen LogP) is 3.89. The van der Waals surface area contributed by atoms with Crippen molar-refractivity contribution in [1.82, 2.24) is 0 Å². The number of rotatable bonds is 2. The zero-order valence-corrected chi connectivity index (χ0v) is 9.86. The minimum atomic E-state index is -2.41. The van der Waals surface area contributed by atoms with Crippen LogP contribution in [0.25, 0.3) is 11.1 Å². The fraction of sp³-hybridized carbons (Fsp3) is 0. The van der Waals surface area contributed by atoms with Crippen molar-refractivity contribution in [3.63, 3.8) is 0 Å². The average Bonchev–Trinajstić information content (AvgIpc) is 2.44. The molecule has 0 aliphatic carbocycles. The quantitative estimate of drug-likeness (QED) is 0.519. The highest BCUT2D eigenvalue weighted by Crippen LogP contribution is 2.35. The number of carbonyl (C=O) groups is 1. The molecule has 110 valence electrons. The standard InChI is InChI=1S/C13H4F6O2/c14-5-3-1-2-4(13(20)21)6(5)7-8(15)10(17)12(19)11(18)9(7)16/h1-3H,(H,20,21). The minimum absolute atomic E-state index is 0.639. The first-order chi connectivity index (χ1) is 9.77. The Morgan fingerprint density at radius 3 is 1.71 bits per heavy atom. The van der Waals surface area contributed by atoms with Crippen LogP contribution in [-0.4, -0.2) is 11.1 Å². The van der Waals surface area contributed by atoms with Gasteiger partial charge in [-0.25, -0.2) is 31.1 Å². The zero-order chi connectivity index (χ0) is 15.9. The third kappa shape index (κ3) is 2.22. The lowest BCUT2D eigenvalue weighted by atomic mass is 9.97. The molecule has 0 bridgehead atoms. The van der Waals surface area contributed by atoms with Crippen molar-refractivity contribution in [2.24, 2.45) is 0 Å². The zero-order valence-electron chi connectivity index (χ0n) is 9.86. The van der Waals surface area contributed by atoms with E-state index < -0.39 is 57.6 Å². The van der Waals surface area contributed by atoms with Gasteiger partial charge in [-0.3, -0.25) is 0 Å². The van der Waals surface area contributed by atoms with E-state index in [2.05, 4.69) is 0 Å². The van der Waals surface area contributed by atoms with Crippen molar-refractivity contribution < 1.29 is 36.2 Å². The number of carboxylic acids is 1. The molecule has 0 fully saturated rings. The van der Waals surface area contributed by atoms with Crippen LogP contribution < -0.4 is 0 Å². The van der Waals surface area contributed by atoms with Crippen LogP contribution in [0.2, 0.25) is 0 Å². The van der Waals surface area contributed by atoms with Gasteiger partial charge in [0.15, 0.2) is 23.3 Å². The molecule has 0 saturated heterocycles. The molecule has 2 rings (SSSR count). The lowest BCUT2D eigenvalue weighted by molar-refractivity contribution is 0.0697. The number of carboxylic acid groups (broad SMARTS) is 1. The van der Waals surface area contributed by atoms with E-state index in [1.807, 2.05) is 0 Å². The summed E-state index contributed by atoms with van der Waals surface area (Å²) in [7, 11) is 0. The Balaban J connectivity index is 2.96. The molecule has 2 aromatic rings. The van der Waals surface area contributed by atoms with Crippen LogP contribution in [0.15, 0.2) is 18.2 Å². The molecule has 0 heterocycles. The van der Waals surface area contributed by atoms with E-state index in [-0.39, 0.29) is 0 Å². The molecule has 2 aromatic carbocycles. The maximum Gasteiger partial charge on any atom is 0.336 e. The Morgan fingerprint density at radius 2 is 1.24 bits per heavy atom. The maximum atomic E-state index is 13.7. The van der Waals surface area contributed by atoms with Gasteiger partial charge < -0.3 is 5.11 Å². The van der Waals surface area contributed by atoms with E-state index in [0.29, 0.717) is 6.07 Å². The second kappa shape index (κ2) is 5.12. The first-order valence-corrected chi connectivity index (χ1v) is 5.31. The van der Waals surface area contributed by atoms with Gasteiger partial charge in [-0.15, -0.1) is 0 Å². The molecule has 0 aliphatic heterocycles. The largest absolute Gasteiger partial charge is 0.478 e. The summed E-state index contributed by atoms with van der Waals surface area (Å²) in [6.07, 6.45) is 0. The molecule has 0 unspecified atom stereocenters. The SMILES string of the molecule is O=C(O)c1cccc(F)c1-c1c(F)c(F)c(F)c(F)c1F. The molecule has 0 atom stereocenters. The van der Waals surface area contributed by atoms with Crippen LogP contribution in [0.5, 0.6) is 0 Å². The van der Waals surface area contributed by atoms with Gasteiger partial charge in [-0.1, -0.05) is 6.07 Å². The van der Waals surface area contributed by atoms with Gasteiger partial charge in [0.1, 0.15) is 5.82 Å². The number of hydrogen-bond donors (Lipinski definition) is 1. The number of hydrogen-bond acceptors (Lipinski definition) is 1. The van der Waals surface area contributed by atoms with Crippen molar-refractivity contribution in [1.29, 1.82) is 0 Å². The van der Waals surface area contributed by atoms with E-state index in [1.54, 1.807) is 0 Å². The van der Waals surface area contributed by atoms with Crippen molar-refractivity contribution in [2.45, 2.75) is 0 Å². The first kappa shape index (κ1) is 14.9. The van der Waals surface area contributed by atoms with Gasteiger partial charge in [0, 0.05) is 5.56 Å². The van der Waals surface area contributed by atoms with Gasteiger partial charge in [-0.05, 0) is 12.1 Å². The molecule has 1 N–H and O–H groups in total. The molecular formula is C13H4F6O2. The maximum absolute atomic E-state index is 13.7. The van der Waals surface area contributed by atoms with E-state index in [1.165, 1.54) is 0 Å². The molecule has 2 nitrogen and oxygen atoms in total. The Morgan fingerprint density at radius 1 is 0.762 bits per heavy atom.